The van der Waals surface area contributed by atoms with E-state index < -0.39 is 6.17 Å². The van der Waals surface area contributed by atoms with Gasteiger partial charge in [0.1, 0.15) is 6.17 Å². The van der Waals surface area contributed by atoms with Gasteiger partial charge in [-0.25, -0.2) is 4.39 Å². The number of hydrogen-bond acceptors (Lipinski definition) is 6. The van der Waals surface area contributed by atoms with Gasteiger partial charge in [0.05, 0.1) is 17.4 Å². The van der Waals surface area contributed by atoms with E-state index in [1.807, 2.05) is 42.5 Å². The molecule has 1 atom stereocenters. The first kappa shape index (κ1) is 21.5. The lowest BCUT2D eigenvalue weighted by molar-refractivity contribution is 0.102. The molecule has 1 aliphatic carbocycles. The van der Waals surface area contributed by atoms with Crippen molar-refractivity contribution < 1.29 is 9.18 Å². The van der Waals surface area contributed by atoms with Gasteiger partial charge < -0.3 is 16.0 Å². The van der Waals surface area contributed by atoms with Crippen LogP contribution in [0.25, 0.3) is 0 Å². The van der Waals surface area contributed by atoms with Crippen LogP contribution in [-0.4, -0.2) is 27.0 Å². The lowest BCUT2D eigenvalue weighted by atomic mass is 9.93. The number of halogens is 1. The van der Waals surface area contributed by atoms with Crippen LogP contribution < -0.4 is 16.0 Å². The van der Waals surface area contributed by atoms with Crippen molar-refractivity contribution in [2.24, 2.45) is 0 Å². The number of anilines is 5. The summed E-state index contributed by atoms with van der Waals surface area (Å²) >= 11 is 0. The van der Waals surface area contributed by atoms with E-state index in [0.717, 1.165) is 28.3 Å². The van der Waals surface area contributed by atoms with Crippen LogP contribution in [0.4, 0.5) is 32.8 Å². The third-order valence-corrected chi connectivity index (χ3v) is 5.63. The topological polar surface area (TPSA) is 91.8 Å². The lowest BCUT2D eigenvalue weighted by Crippen LogP contribution is -2.17. The largest absolute Gasteiger partial charge is 0.355 e. The summed E-state index contributed by atoms with van der Waals surface area (Å²) in [4.78, 5) is 25.5. The number of carbonyl (C=O) groups excluding carboxylic acids is 1. The number of hydrogen-bond donors (Lipinski definition) is 3. The fourth-order valence-electron chi connectivity index (χ4n) is 3.98. The zero-order valence-electron chi connectivity index (χ0n) is 18.3. The Hall–Kier alpha value is -4.33. The number of aryl methyl sites for hydroxylation is 1. The summed E-state index contributed by atoms with van der Waals surface area (Å²) in [6, 6.07) is 14.7. The first-order valence-electron chi connectivity index (χ1n) is 11.1. The summed E-state index contributed by atoms with van der Waals surface area (Å²) in [5, 5.41) is 9.47. The van der Waals surface area contributed by atoms with Crippen LogP contribution in [0.2, 0.25) is 0 Å². The number of aromatic nitrogens is 3. The van der Waals surface area contributed by atoms with Crippen LogP contribution in [0.1, 0.15) is 28.0 Å². The zero-order chi connectivity index (χ0) is 23.3. The number of fused-ring (bicyclic) bond motifs is 1. The molecule has 1 aromatic carbocycles. The minimum absolute atomic E-state index is 0.280. The standard InChI is InChI=1S/C26H23FN6O/c27-18-4-5-24-23(13-18)25(8-11-30-24)32-22-12-17(15-29-16-22)26(34)33-21-3-1-2-20(14-21)31-19-6-9-28-10-7-19/h1-3,6-12,14-16,18H,4-5,13H2,(H,28,31)(H,30,32)(H,33,34). The van der Waals surface area contributed by atoms with Gasteiger partial charge in [0.2, 0.25) is 0 Å². The summed E-state index contributed by atoms with van der Waals surface area (Å²) in [5.41, 5.74) is 6.04. The Balaban J connectivity index is 1.30. The maximum atomic E-state index is 14.0. The Kier molecular flexibility index (Phi) is 6.11. The molecule has 1 aliphatic rings. The SMILES string of the molecule is O=C(Nc1cccc(Nc2ccncc2)c1)c1cncc(Nc2ccnc3c2CC(F)CC3)c1. The van der Waals surface area contributed by atoms with Crippen molar-refractivity contribution in [1.82, 2.24) is 15.0 Å². The normalized spacial score (nSPS) is 14.7. The number of nitrogens with one attached hydrogen (secondary N) is 3. The molecule has 0 bridgehead atoms. The quantitative estimate of drug-likeness (QED) is 0.359. The predicted molar refractivity (Wildman–Crippen MR) is 131 cm³/mol. The second-order valence-electron chi connectivity index (χ2n) is 8.11. The molecule has 3 heterocycles. The molecule has 1 unspecified atom stereocenters. The van der Waals surface area contributed by atoms with Crippen molar-refractivity contribution in [2.45, 2.75) is 25.4 Å². The molecule has 0 saturated carbocycles. The Morgan fingerprint density at radius 3 is 2.62 bits per heavy atom. The van der Waals surface area contributed by atoms with Crippen LogP contribution in [0, 0.1) is 0 Å². The van der Waals surface area contributed by atoms with Gasteiger partial charge in [0.25, 0.3) is 5.91 Å². The highest BCUT2D eigenvalue weighted by Gasteiger charge is 2.21. The number of amides is 1. The molecule has 0 fully saturated rings. The number of nitrogens with zero attached hydrogens (tertiary/aromatic N) is 3. The molecule has 3 N–H and O–H groups in total. The monoisotopic (exact) mass is 454 g/mol. The van der Waals surface area contributed by atoms with E-state index in [1.54, 1.807) is 30.9 Å². The number of rotatable bonds is 6. The van der Waals surface area contributed by atoms with Crippen molar-refractivity contribution in [2.75, 3.05) is 16.0 Å². The summed E-state index contributed by atoms with van der Waals surface area (Å²) < 4.78 is 14.0. The molecule has 0 saturated heterocycles. The fourth-order valence-corrected chi connectivity index (χ4v) is 3.98. The van der Waals surface area contributed by atoms with E-state index in [9.17, 15) is 9.18 Å². The fraction of sp³-hybridized carbons (Fsp3) is 0.154. The molecule has 3 aromatic heterocycles. The molecule has 8 heteroatoms. The molecule has 1 amide bonds. The molecule has 0 spiro atoms. The van der Waals surface area contributed by atoms with Crippen LogP contribution in [-0.2, 0) is 12.8 Å². The molecule has 4 aromatic rings. The summed E-state index contributed by atoms with van der Waals surface area (Å²) in [6.45, 7) is 0. The third kappa shape index (κ3) is 5.01. The number of benzene rings is 1. The molecular formula is C26H23FN6O. The number of carbonyl (C=O) groups is 1. The Morgan fingerprint density at radius 1 is 0.882 bits per heavy atom. The number of alkyl halides is 1. The first-order chi connectivity index (χ1) is 16.6. The van der Waals surface area contributed by atoms with Crippen molar-refractivity contribution in [1.29, 1.82) is 0 Å². The van der Waals surface area contributed by atoms with Gasteiger partial charge in [-0.15, -0.1) is 0 Å². The molecular weight excluding hydrogens is 431 g/mol. The average Bonchev–Trinajstić information content (AvgIpc) is 2.85. The van der Waals surface area contributed by atoms with E-state index in [1.165, 1.54) is 6.20 Å². The van der Waals surface area contributed by atoms with E-state index >= 15 is 0 Å². The zero-order valence-corrected chi connectivity index (χ0v) is 18.3. The maximum Gasteiger partial charge on any atom is 0.257 e. The first-order valence-corrected chi connectivity index (χ1v) is 11.1. The molecule has 5 rings (SSSR count). The smallest absolute Gasteiger partial charge is 0.257 e. The second kappa shape index (κ2) is 9.66. The summed E-state index contributed by atoms with van der Waals surface area (Å²) in [7, 11) is 0. The van der Waals surface area contributed by atoms with Gasteiger partial charge in [0, 0.05) is 59.7 Å². The average molecular weight is 455 g/mol. The van der Waals surface area contributed by atoms with Crippen molar-refractivity contribution in [3.8, 4) is 0 Å². The molecule has 170 valence electrons. The predicted octanol–water partition coefficient (Wildman–Crippen LogP) is 5.44. The highest BCUT2D eigenvalue weighted by molar-refractivity contribution is 6.04. The van der Waals surface area contributed by atoms with Gasteiger partial charge in [-0.3, -0.25) is 19.7 Å². The molecule has 0 radical (unpaired) electrons. The van der Waals surface area contributed by atoms with Gasteiger partial charge in [0.15, 0.2) is 0 Å². The third-order valence-electron chi connectivity index (χ3n) is 5.63. The molecule has 7 nitrogen and oxygen atoms in total. The van der Waals surface area contributed by atoms with Crippen LogP contribution in [0.15, 0.2) is 79.5 Å². The van der Waals surface area contributed by atoms with Crippen molar-refractivity contribution in [3.05, 3.63) is 96.3 Å². The van der Waals surface area contributed by atoms with Crippen LogP contribution in [0.3, 0.4) is 0 Å². The van der Waals surface area contributed by atoms with Crippen molar-refractivity contribution >= 4 is 34.3 Å². The van der Waals surface area contributed by atoms with Gasteiger partial charge in [-0.1, -0.05) is 6.07 Å². The highest BCUT2D eigenvalue weighted by atomic mass is 19.1. The van der Waals surface area contributed by atoms with Gasteiger partial charge in [-0.2, -0.15) is 0 Å². The van der Waals surface area contributed by atoms with Gasteiger partial charge >= 0.3 is 0 Å². The van der Waals surface area contributed by atoms with Crippen LogP contribution >= 0.6 is 0 Å². The Morgan fingerprint density at radius 2 is 1.74 bits per heavy atom. The molecule has 0 aliphatic heterocycles. The minimum atomic E-state index is -0.865. The minimum Gasteiger partial charge on any atom is -0.355 e. The van der Waals surface area contributed by atoms with Gasteiger partial charge in [-0.05, 0) is 60.9 Å². The summed E-state index contributed by atoms with van der Waals surface area (Å²) in [6.07, 6.45) is 8.88. The Bertz CT molecular complexity index is 1310. The van der Waals surface area contributed by atoms with Crippen LogP contribution in [0.5, 0.6) is 0 Å². The lowest BCUT2D eigenvalue weighted by Gasteiger charge is -2.21. The highest BCUT2D eigenvalue weighted by Crippen LogP contribution is 2.30. The summed E-state index contributed by atoms with van der Waals surface area (Å²) in [5.74, 6) is -0.280. The second-order valence-corrected chi connectivity index (χ2v) is 8.11. The van der Waals surface area contributed by atoms with E-state index in [4.69, 9.17) is 0 Å². The maximum absolute atomic E-state index is 14.0. The van der Waals surface area contributed by atoms with E-state index in [2.05, 4.69) is 30.9 Å². The van der Waals surface area contributed by atoms with E-state index in [-0.39, 0.29) is 5.91 Å². The molecule has 34 heavy (non-hydrogen) atoms. The number of pyridine rings is 3. The van der Waals surface area contributed by atoms with Crippen molar-refractivity contribution in [3.63, 3.8) is 0 Å². The Labute approximate surface area is 196 Å². The van der Waals surface area contributed by atoms with E-state index in [0.29, 0.717) is 36.2 Å².